The predicted octanol–water partition coefficient (Wildman–Crippen LogP) is 5.87. The minimum atomic E-state index is -0.229. The summed E-state index contributed by atoms with van der Waals surface area (Å²) in [6, 6.07) is 15.3. The van der Waals surface area contributed by atoms with Crippen LogP contribution in [0.15, 0.2) is 48.5 Å². The molecule has 2 atom stereocenters. The Bertz CT molecular complexity index is 938. The SMILES string of the molecule is COc1ccccc1N1C(=O)CS[C@H]1c1ccccc1NC(=O)C[C@@H](C)CC(C)(C)C. The van der Waals surface area contributed by atoms with Crippen LogP contribution in [0, 0.1) is 11.3 Å². The Hall–Kier alpha value is -2.47. The van der Waals surface area contributed by atoms with Crippen molar-refractivity contribution in [1.29, 1.82) is 0 Å². The third-order valence-electron chi connectivity index (χ3n) is 5.21. The molecule has 1 N–H and O–H groups in total. The molecule has 3 rings (SSSR count). The van der Waals surface area contributed by atoms with E-state index in [1.54, 1.807) is 23.8 Å². The van der Waals surface area contributed by atoms with Gasteiger partial charge in [-0.3, -0.25) is 14.5 Å². The molecule has 0 saturated carbocycles. The molecule has 1 saturated heterocycles. The lowest BCUT2D eigenvalue weighted by molar-refractivity contribution is -0.117. The summed E-state index contributed by atoms with van der Waals surface area (Å²) in [5.41, 5.74) is 2.60. The fourth-order valence-corrected chi connectivity index (χ4v) is 5.41. The van der Waals surface area contributed by atoms with E-state index in [2.05, 4.69) is 33.0 Å². The fraction of sp³-hybridized carbons (Fsp3) is 0.440. The van der Waals surface area contributed by atoms with E-state index in [1.807, 2.05) is 48.5 Å². The molecule has 0 bridgehead atoms. The molecular formula is C25H32N2O3S. The quantitative estimate of drug-likeness (QED) is 0.584. The molecule has 1 aliphatic heterocycles. The molecule has 1 aliphatic rings. The number of ether oxygens (including phenoxy) is 1. The van der Waals surface area contributed by atoms with Crippen molar-refractivity contribution in [2.75, 3.05) is 23.1 Å². The second kappa shape index (κ2) is 9.77. The van der Waals surface area contributed by atoms with Crippen LogP contribution in [0.4, 0.5) is 11.4 Å². The lowest BCUT2D eigenvalue weighted by Crippen LogP contribution is -2.29. The number of nitrogens with zero attached hydrogens (tertiary/aromatic N) is 1. The minimum Gasteiger partial charge on any atom is -0.495 e. The first-order valence-electron chi connectivity index (χ1n) is 10.6. The van der Waals surface area contributed by atoms with Crippen molar-refractivity contribution in [2.45, 2.75) is 45.9 Å². The van der Waals surface area contributed by atoms with Gasteiger partial charge in [0.05, 0.1) is 18.6 Å². The molecule has 31 heavy (non-hydrogen) atoms. The Balaban J connectivity index is 1.83. The number of amides is 2. The second-order valence-electron chi connectivity index (χ2n) is 9.31. The summed E-state index contributed by atoms with van der Waals surface area (Å²) in [4.78, 5) is 27.3. The Labute approximate surface area is 189 Å². The van der Waals surface area contributed by atoms with Gasteiger partial charge in [0.15, 0.2) is 0 Å². The molecule has 6 heteroatoms. The Kier molecular flexibility index (Phi) is 7.31. The topological polar surface area (TPSA) is 58.6 Å². The first-order chi connectivity index (χ1) is 14.7. The summed E-state index contributed by atoms with van der Waals surface area (Å²) in [6.07, 6.45) is 1.45. The Morgan fingerprint density at radius 2 is 1.87 bits per heavy atom. The molecule has 0 spiro atoms. The molecule has 0 radical (unpaired) electrons. The summed E-state index contributed by atoms with van der Waals surface area (Å²) in [7, 11) is 1.61. The van der Waals surface area contributed by atoms with E-state index in [1.165, 1.54) is 0 Å². The maximum absolute atomic E-state index is 12.8. The Morgan fingerprint density at radius 3 is 2.58 bits per heavy atom. The van der Waals surface area contributed by atoms with Gasteiger partial charge in [-0.15, -0.1) is 11.8 Å². The van der Waals surface area contributed by atoms with Crippen molar-refractivity contribution in [2.24, 2.45) is 11.3 Å². The van der Waals surface area contributed by atoms with Crippen molar-refractivity contribution in [3.05, 3.63) is 54.1 Å². The van der Waals surface area contributed by atoms with Crippen molar-refractivity contribution in [1.82, 2.24) is 0 Å². The van der Waals surface area contributed by atoms with Gasteiger partial charge in [0.1, 0.15) is 11.1 Å². The van der Waals surface area contributed by atoms with Gasteiger partial charge in [-0.2, -0.15) is 0 Å². The molecule has 166 valence electrons. The number of nitrogens with one attached hydrogen (secondary N) is 1. The van der Waals surface area contributed by atoms with Crippen LogP contribution >= 0.6 is 11.8 Å². The maximum atomic E-state index is 12.8. The van der Waals surface area contributed by atoms with E-state index in [4.69, 9.17) is 4.74 Å². The van der Waals surface area contributed by atoms with E-state index >= 15 is 0 Å². The molecule has 0 aliphatic carbocycles. The zero-order chi connectivity index (χ0) is 22.6. The van der Waals surface area contributed by atoms with Crippen LogP contribution in [0.25, 0.3) is 0 Å². The van der Waals surface area contributed by atoms with Crippen LogP contribution < -0.4 is 15.0 Å². The average Bonchev–Trinajstić information content (AvgIpc) is 3.07. The zero-order valence-electron chi connectivity index (χ0n) is 19.0. The first kappa shape index (κ1) is 23.2. The van der Waals surface area contributed by atoms with Gasteiger partial charge >= 0.3 is 0 Å². The normalized spacial score (nSPS) is 17.5. The molecule has 0 unspecified atom stereocenters. The second-order valence-corrected chi connectivity index (χ2v) is 10.4. The van der Waals surface area contributed by atoms with Gasteiger partial charge in [-0.1, -0.05) is 58.0 Å². The van der Waals surface area contributed by atoms with Crippen molar-refractivity contribution < 1.29 is 14.3 Å². The highest BCUT2D eigenvalue weighted by molar-refractivity contribution is 8.00. The van der Waals surface area contributed by atoms with Gasteiger partial charge < -0.3 is 10.1 Å². The number of rotatable bonds is 7. The highest BCUT2D eigenvalue weighted by Gasteiger charge is 2.36. The van der Waals surface area contributed by atoms with Gasteiger partial charge in [0.2, 0.25) is 11.8 Å². The minimum absolute atomic E-state index is 0.00219. The van der Waals surface area contributed by atoms with Gasteiger partial charge in [0.25, 0.3) is 0 Å². The molecule has 2 aromatic carbocycles. The van der Waals surface area contributed by atoms with Crippen LogP contribution in [0.3, 0.4) is 0 Å². The highest BCUT2D eigenvalue weighted by atomic mass is 32.2. The first-order valence-corrected chi connectivity index (χ1v) is 11.7. The van der Waals surface area contributed by atoms with E-state index in [0.29, 0.717) is 23.8 Å². The van der Waals surface area contributed by atoms with E-state index in [0.717, 1.165) is 23.4 Å². The number of carbonyl (C=O) groups excluding carboxylic acids is 2. The van der Waals surface area contributed by atoms with Crippen LogP contribution in [0.5, 0.6) is 5.75 Å². The molecule has 0 aromatic heterocycles. The number of hydrogen-bond acceptors (Lipinski definition) is 4. The van der Waals surface area contributed by atoms with Crippen molar-refractivity contribution in [3.8, 4) is 5.75 Å². The van der Waals surface area contributed by atoms with E-state index in [-0.39, 0.29) is 22.6 Å². The molecule has 1 fully saturated rings. The van der Waals surface area contributed by atoms with Crippen LogP contribution in [0.2, 0.25) is 0 Å². The summed E-state index contributed by atoms with van der Waals surface area (Å²) >= 11 is 1.56. The molecule has 2 aromatic rings. The molecule has 5 nitrogen and oxygen atoms in total. The monoisotopic (exact) mass is 440 g/mol. The van der Waals surface area contributed by atoms with Gasteiger partial charge in [-0.05, 0) is 36.0 Å². The highest BCUT2D eigenvalue weighted by Crippen LogP contribution is 2.46. The predicted molar refractivity (Wildman–Crippen MR) is 129 cm³/mol. The third-order valence-corrected chi connectivity index (χ3v) is 6.40. The average molecular weight is 441 g/mol. The zero-order valence-corrected chi connectivity index (χ0v) is 19.8. The van der Waals surface area contributed by atoms with E-state index < -0.39 is 0 Å². The number of anilines is 2. The number of para-hydroxylation sites is 3. The summed E-state index contributed by atoms with van der Waals surface area (Å²) < 4.78 is 5.50. The number of benzene rings is 2. The number of hydrogen-bond donors (Lipinski definition) is 1. The van der Waals surface area contributed by atoms with Gasteiger partial charge in [-0.25, -0.2) is 0 Å². The van der Waals surface area contributed by atoms with E-state index in [9.17, 15) is 9.59 Å². The Morgan fingerprint density at radius 1 is 1.19 bits per heavy atom. The van der Waals surface area contributed by atoms with Gasteiger partial charge in [0, 0.05) is 17.7 Å². The summed E-state index contributed by atoms with van der Waals surface area (Å²) in [5, 5.41) is 2.87. The van der Waals surface area contributed by atoms with Crippen molar-refractivity contribution in [3.63, 3.8) is 0 Å². The number of methoxy groups -OCH3 is 1. The smallest absolute Gasteiger partial charge is 0.238 e. The summed E-state index contributed by atoms with van der Waals surface area (Å²) in [6.45, 7) is 8.69. The lowest BCUT2D eigenvalue weighted by atomic mass is 9.84. The van der Waals surface area contributed by atoms with Crippen LogP contribution in [-0.4, -0.2) is 24.7 Å². The number of carbonyl (C=O) groups is 2. The molecule has 1 heterocycles. The van der Waals surface area contributed by atoms with Crippen LogP contribution in [-0.2, 0) is 9.59 Å². The van der Waals surface area contributed by atoms with Crippen molar-refractivity contribution >= 4 is 35.0 Å². The molecule has 2 amide bonds. The largest absolute Gasteiger partial charge is 0.495 e. The fourth-order valence-electron chi connectivity index (χ4n) is 4.20. The number of thioether (sulfide) groups is 1. The maximum Gasteiger partial charge on any atom is 0.238 e. The standard InChI is InChI=1S/C25H32N2O3S/c1-17(15-25(2,3)4)14-22(28)26-19-11-7-6-10-18(19)24-27(23(29)16-31-24)20-12-8-9-13-21(20)30-5/h6-13,17,24H,14-16H2,1-5H3,(H,26,28)/t17-,24+/m1/s1. The van der Waals surface area contributed by atoms with Crippen LogP contribution in [0.1, 0.15) is 51.5 Å². The third kappa shape index (κ3) is 5.82. The lowest BCUT2D eigenvalue weighted by Gasteiger charge is -2.27. The molecular weight excluding hydrogens is 408 g/mol. The summed E-state index contributed by atoms with van der Waals surface area (Å²) in [5.74, 6) is 1.36.